The molecule has 86 valence electrons. The number of nitrogens with two attached hydrogens (primary N) is 1. The van der Waals surface area contributed by atoms with Gasteiger partial charge in [0.15, 0.2) is 0 Å². The lowest BCUT2D eigenvalue weighted by Crippen LogP contribution is -1.93. The van der Waals surface area contributed by atoms with Crippen molar-refractivity contribution in [1.82, 2.24) is 0 Å². The van der Waals surface area contributed by atoms with Gasteiger partial charge in [-0.05, 0) is 32.7 Å². The molecule has 0 fully saturated rings. The van der Waals surface area contributed by atoms with Crippen molar-refractivity contribution in [3.63, 3.8) is 0 Å². The van der Waals surface area contributed by atoms with Crippen molar-refractivity contribution in [2.45, 2.75) is 47.5 Å². The molecule has 0 bridgehead atoms. The topological polar surface area (TPSA) is 26.0 Å². The Morgan fingerprint density at radius 2 is 1.79 bits per heavy atom. The second kappa shape index (κ2) is 18.3. The van der Waals surface area contributed by atoms with Crippen LogP contribution in [0.4, 0.5) is 0 Å². The van der Waals surface area contributed by atoms with Gasteiger partial charge in [0.1, 0.15) is 0 Å². The van der Waals surface area contributed by atoms with Crippen molar-refractivity contribution < 1.29 is 0 Å². The van der Waals surface area contributed by atoms with E-state index in [0.717, 1.165) is 12.8 Å². The van der Waals surface area contributed by atoms with Gasteiger partial charge in [-0.1, -0.05) is 45.4 Å². The van der Waals surface area contributed by atoms with E-state index < -0.39 is 0 Å². The smallest absolute Gasteiger partial charge is 0.0195 e. The van der Waals surface area contributed by atoms with Gasteiger partial charge in [0, 0.05) is 0 Å². The average molecular weight is 199 g/mol. The van der Waals surface area contributed by atoms with Crippen molar-refractivity contribution in [3.05, 3.63) is 24.3 Å². The summed E-state index contributed by atoms with van der Waals surface area (Å²) in [7, 11) is 1.50. The van der Waals surface area contributed by atoms with Crippen molar-refractivity contribution >= 4 is 0 Å². The van der Waals surface area contributed by atoms with Gasteiger partial charge in [-0.2, -0.15) is 0 Å². The molecule has 1 heteroatoms. The molecule has 0 aromatic heterocycles. The molecular formula is C13H29N. The highest BCUT2D eigenvalue weighted by atomic mass is 14.4. The first-order valence-electron chi connectivity index (χ1n) is 5.57. The van der Waals surface area contributed by atoms with Crippen LogP contribution in [0.3, 0.4) is 0 Å². The lowest BCUT2D eigenvalue weighted by atomic mass is 9.98. The van der Waals surface area contributed by atoms with Gasteiger partial charge < -0.3 is 5.73 Å². The highest BCUT2D eigenvalue weighted by Crippen LogP contribution is 2.14. The Hall–Kier alpha value is -0.560. The van der Waals surface area contributed by atoms with Crippen LogP contribution < -0.4 is 5.73 Å². The second-order valence-corrected chi connectivity index (χ2v) is 2.78. The van der Waals surface area contributed by atoms with Gasteiger partial charge >= 0.3 is 0 Å². The summed E-state index contributed by atoms with van der Waals surface area (Å²) >= 11 is 0. The Balaban J connectivity index is -0.000000266. The molecule has 0 aliphatic carbocycles. The van der Waals surface area contributed by atoms with E-state index in [9.17, 15) is 0 Å². The molecule has 14 heavy (non-hydrogen) atoms. The molecule has 0 saturated heterocycles. The summed E-state index contributed by atoms with van der Waals surface area (Å²) in [6.45, 7) is 14.3. The van der Waals surface area contributed by atoms with Crippen LogP contribution in [0.15, 0.2) is 24.3 Å². The van der Waals surface area contributed by atoms with Crippen LogP contribution in [0.25, 0.3) is 0 Å². The minimum absolute atomic E-state index is 0.678. The molecule has 0 radical (unpaired) electrons. The minimum Gasteiger partial charge on any atom is -0.333 e. The molecule has 0 aromatic rings. The fraction of sp³-hybridized carbons (Fsp3) is 0.692. The highest BCUT2D eigenvalue weighted by molar-refractivity contribution is 5.03. The molecule has 0 heterocycles. The maximum absolute atomic E-state index is 4.50. The first kappa shape index (κ1) is 19.1. The largest absolute Gasteiger partial charge is 0.333 e. The van der Waals surface area contributed by atoms with E-state index in [1.165, 1.54) is 12.6 Å². The van der Waals surface area contributed by atoms with Gasteiger partial charge in [-0.3, -0.25) is 0 Å². The lowest BCUT2D eigenvalue weighted by Gasteiger charge is -2.07. The summed E-state index contributed by atoms with van der Waals surface area (Å²) in [5, 5.41) is 0. The number of rotatable bonds is 4. The van der Waals surface area contributed by atoms with Crippen LogP contribution in [0, 0.1) is 5.92 Å². The molecular weight excluding hydrogens is 170 g/mol. The maximum atomic E-state index is 4.50. The third-order valence-corrected chi connectivity index (χ3v) is 1.82. The van der Waals surface area contributed by atoms with Crippen LogP contribution in [0.1, 0.15) is 47.5 Å². The van der Waals surface area contributed by atoms with Gasteiger partial charge in [0.05, 0.1) is 0 Å². The molecule has 0 saturated carbocycles. The Bertz CT molecular complexity index is 125. The van der Waals surface area contributed by atoms with E-state index in [0.29, 0.717) is 5.92 Å². The summed E-state index contributed by atoms with van der Waals surface area (Å²) in [5.41, 5.74) is 5.99. The van der Waals surface area contributed by atoms with Gasteiger partial charge in [-0.25, -0.2) is 0 Å². The van der Waals surface area contributed by atoms with Crippen LogP contribution in [-0.2, 0) is 0 Å². The standard InChI is InChI=1S/C10H18.C2H6.CH5N/c1-5-7-9(3)10(4)8-6-2;2*1-2/h5,8-9H,1,6-7H2,2-4H3;1-2H3;2H2,1H3/b10-8+;;. The molecule has 0 aliphatic heterocycles. The van der Waals surface area contributed by atoms with E-state index in [1.54, 1.807) is 0 Å². The van der Waals surface area contributed by atoms with Crippen LogP contribution >= 0.6 is 0 Å². The van der Waals surface area contributed by atoms with Crippen molar-refractivity contribution in [1.29, 1.82) is 0 Å². The third-order valence-electron chi connectivity index (χ3n) is 1.82. The zero-order chi connectivity index (χ0) is 12.0. The quantitative estimate of drug-likeness (QED) is 0.676. The fourth-order valence-corrected chi connectivity index (χ4v) is 0.959. The Labute approximate surface area is 91.1 Å². The predicted molar refractivity (Wildman–Crippen MR) is 69.5 cm³/mol. The van der Waals surface area contributed by atoms with Crippen LogP contribution in [0.2, 0.25) is 0 Å². The van der Waals surface area contributed by atoms with Crippen LogP contribution in [0.5, 0.6) is 0 Å². The van der Waals surface area contributed by atoms with E-state index in [2.05, 4.69) is 39.2 Å². The van der Waals surface area contributed by atoms with Crippen molar-refractivity contribution in [2.75, 3.05) is 7.05 Å². The molecule has 1 nitrogen and oxygen atoms in total. The summed E-state index contributed by atoms with van der Waals surface area (Å²) in [5.74, 6) is 0.678. The molecule has 0 rings (SSSR count). The SMILES string of the molecule is C=CCC(C)/C(C)=C/CC.CC.CN. The molecule has 1 unspecified atom stereocenters. The molecule has 1 atom stereocenters. The Kier molecular flexibility index (Phi) is 24.9. The van der Waals surface area contributed by atoms with Crippen molar-refractivity contribution in [3.8, 4) is 0 Å². The monoisotopic (exact) mass is 199 g/mol. The zero-order valence-corrected chi connectivity index (χ0v) is 10.9. The van der Waals surface area contributed by atoms with Gasteiger partial charge in [0.25, 0.3) is 0 Å². The Morgan fingerprint density at radius 1 is 1.36 bits per heavy atom. The van der Waals surface area contributed by atoms with Crippen LogP contribution in [-0.4, -0.2) is 7.05 Å². The Morgan fingerprint density at radius 3 is 2.07 bits per heavy atom. The second-order valence-electron chi connectivity index (χ2n) is 2.78. The summed E-state index contributed by atoms with van der Waals surface area (Å²) in [6.07, 6.45) is 6.52. The first-order valence-corrected chi connectivity index (χ1v) is 5.57. The molecule has 2 N–H and O–H groups in total. The molecule has 0 spiro atoms. The average Bonchev–Trinajstić information content (AvgIpc) is 2.24. The summed E-state index contributed by atoms with van der Waals surface area (Å²) in [4.78, 5) is 0. The summed E-state index contributed by atoms with van der Waals surface area (Å²) < 4.78 is 0. The fourth-order valence-electron chi connectivity index (χ4n) is 0.959. The normalized spacial score (nSPS) is 11.5. The van der Waals surface area contributed by atoms with Gasteiger partial charge in [-0.15, -0.1) is 6.58 Å². The molecule has 0 aliphatic rings. The zero-order valence-electron chi connectivity index (χ0n) is 10.9. The highest BCUT2D eigenvalue weighted by Gasteiger charge is 1.99. The lowest BCUT2D eigenvalue weighted by molar-refractivity contribution is 0.691. The van der Waals surface area contributed by atoms with Gasteiger partial charge in [0.2, 0.25) is 0 Å². The van der Waals surface area contributed by atoms with E-state index in [1.807, 2.05) is 19.9 Å². The van der Waals surface area contributed by atoms with E-state index in [-0.39, 0.29) is 0 Å². The number of hydrogen-bond acceptors (Lipinski definition) is 1. The van der Waals surface area contributed by atoms with E-state index in [4.69, 9.17) is 0 Å². The molecule has 0 amide bonds. The first-order chi connectivity index (χ1) is 6.72. The molecule has 0 aromatic carbocycles. The van der Waals surface area contributed by atoms with Crippen molar-refractivity contribution in [2.24, 2.45) is 11.7 Å². The number of allylic oxidation sites excluding steroid dienone is 3. The van der Waals surface area contributed by atoms with E-state index >= 15 is 0 Å². The predicted octanol–water partition coefficient (Wildman–Crippen LogP) is 4.16. The number of hydrogen-bond donors (Lipinski definition) is 1. The minimum atomic E-state index is 0.678. The third kappa shape index (κ3) is 14.0. The maximum Gasteiger partial charge on any atom is -0.0195 e. The summed E-state index contributed by atoms with van der Waals surface area (Å²) in [6, 6.07) is 0.